The van der Waals surface area contributed by atoms with Crippen LogP contribution in [0.25, 0.3) is 10.9 Å². The Hall–Kier alpha value is -2.38. The van der Waals surface area contributed by atoms with Crippen molar-refractivity contribution in [3.05, 3.63) is 36.0 Å². The van der Waals surface area contributed by atoms with Crippen LogP contribution in [-0.4, -0.2) is 68.1 Å². The average Bonchev–Trinajstić information content (AvgIpc) is 2.93. The topological polar surface area (TPSA) is 81.0 Å². The van der Waals surface area contributed by atoms with Gasteiger partial charge in [0.25, 0.3) is 6.47 Å². The fourth-order valence-electron chi connectivity index (χ4n) is 2.13. The predicted octanol–water partition coefficient (Wildman–Crippen LogP) is 2.08. The number of carboxylic acid groups (broad SMARTS) is 1. The van der Waals surface area contributed by atoms with Gasteiger partial charge in [-0.15, -0.1) is 0 Å². The molecule has 1 N–H and O–H groups in total. The number of hydrogen-bond donors (Lipinski definition) is 1. The summed E-state index contributed by atoms with van der Waals surface area (Å²) in [7, 11) is 5.57. The number of nitrogens with zero attached hydrogens (tertiary/aromatic N) is 2. The molecule has 132 valence electrons. The van der Waals surface area contributed by atoms with Crippen LogP contribution < -0.4 is 0 Å². The average molecular weight is 336 g/mol. The summed E-state index contributed by atoms with van der Waals surface area (Å²) in [4.78, 5) is 22.6. The van der Waals surface area contributed by atoms with Gasteiger partial charge in [0.2, 0.25) is 0 Å². The maximum absolute atomic E-state index is 11.1. The largest absolute Gasteiger partial charge is 0.465 e. The maximum Gasteiger partial charge on any atom is 0.416 e. The Morgan fingerprint density at radius 2 is 2.00 bits per heavy atom. The number of carbonyl (C=O) groups excluding carboxylic acids is 1. The van der Waals surface area contributed by atoms with Gasteiger partial charge in [-0.3, -0.25) is 9.36 Å². The minimum absolute atomic E-state index is 0.347. The third kappa shape index (κ3) is 6.02. The Kier molecular flexibility index (Phi) is 8.53. The smallest absolute Gasteiger partial charge is 0.416 e. The van der Waals surface area contributed by atoms with E-state index < -0.39 is 6.09 Å². The molecular formula is C17H24N2O5. The Balaban J connectivity index is 0.000000351. The summed E-state index contributed by atoms with van der Waals surface area (Å²) < 4.78 is 10.1. The van der Waals surface area contributed by atoms with Crippen molar-refractivity contribution in [1.82, 2.24) is 9.47 Å². The van der Waals surface area contributed by atoms with E-state index in [0.717, 1.165) is 29.4 Å². The quantitative estimate of drug-likeness (QED) is 0.616. The fourth-order valence-corrected chi connectivity index (χ4v) is 2.13. The molecule has 0 saturated heterocycles. The second kappa shape index (κ2) is 10.4. The molecular weight excluding hydrogens is 312 g/mol. The zero-order valence-corrected chi connectivity index (χ0v) is 14.3. The lowest BCUT2D eigenvalue weighted by molar-refractivity contribution is -0.129. The van der Waals surface area contributed by atoms with Gasteiger partial charge in [-0.2, -0.15) is 0 Å². The van der Waals surface area contributed by atoms with Crippen molar-refractivity contribution in [3.8, 4) is 0 Å². The number of fused-ring (bicyclic) bond motifs is 1. The first-order valence-electron chi connectivity index (χ1n) is 7.52. The standard InChI is InChI=1S/C13H16N2O2.C4H8O3/c1-14(2)8-7-10-9-15(13(16)17)12-6-4-3-5-11(10)12;1-6-2-3-7-4-5/h3-6,9H,7-8H2,1-2H3,(H,16,17);4H,2-3H2,1H3. The number of hydrogen-bond acceptors (Lipinski definition) is 5. The minimum Gasteiger partial charge on any atom is -0.465 e. The summed E-state index contributed by atoms with van der Waals surface area (Å²) in [6, 6.07) is 7.60. The molecule has 0 bridgehead atoms. The SMILES string of the molecule is CN(C)CCc1cn(C(=O)O)c2ccccc12.COCCOC=O. The molecule has 0 unspecified atom stereocenters. The number of methoxy groups -OCH3 is 1. The first kappa shape index (κ1) is 19.7. The molecule has 0 radical (unpaired) electrons. The van der Waals surface area contributed by atoms with Crippen molar-refractivity contribution < 1.29 is 24.2 Å². The molecule has 1 heterocycles. The van der Waals surface area contributed by atoms with Crippen LogP contribution >= 0.6 is 0 Å². The zero-order valence-electron chi connectivity index (χ0n) is 14.3. The lowest BCUT2D eigenvalue weighted by atomic mass is 10.1. The molecule has 0 atom stereocenters. The molecule has 2 aromatic rings. The van der Waals surface area contributed by atoms with Gasteiger partial charge < -0.3 is 19.5 Å². The molecule has 0 aliphatic rings. The van der Waals surface area contributed by atoms with Crippen molar-refractivity contribution in [1.29, 1.82) is 0 Å². The summed E-state index contributed by atoms with van der Waals surface area (Å²) in [5, 5.41) is 10.2. The summed E-state index contributed by atoms with van der Waals surface area (Å²) in [5.74, 6) is 0. The van der Waals surface area contributed by atoms with E-state index in [1.54, 1.807) is 13.3 Å². The molecule has 1 aromatic heterocycles. The van der Waals surface area contributed by atoms with Crippen LogP contribution in [0.3, 0.4) is 0 Å². The van der Waals surface area contributed by atoms with Crippen LogP contribution in [0.4, 0.5) is 4.79 Å². The monoisotopic (exact) mass is 336 g/mol. The van der Waals surface area contributed by atoms with E-state index in [0.29, 0.717) is 19.7 Å². The van der Waals surface area contributed by atoms with Gasteiger partial charge in [0, 0.05) is 25.2 Å². The zero-order chi connectivity index (χ0) is 17.9. The molecule has 0 fully saturated rings. The van der Waals surface area contributed by atoms with Crippen LogP contribution in [0.2, 0.25) is 0 Å². The maximum atomic E-state index is 11.1. The van der Waals surface area contributed by atoms with Gasteiger partial charge in [0.15, 0.2) is 0 Å². The van der Waals surface area contributed by atoms with Gasteiger partial charge >= 0.3 is 6.09 Å². The number of ether oxygens (including phenoxy) is 2. The molecule has 2 rings (SSSR count). The number of benzene rings is 1. The number of para-hydroxylation sites is 1. The fraction of sp³-hybridized carbons (Fsp3) is 0.412. The first-order valence-corrected chi connectivity index (χ1v) is 7.52. The Morgan fingerprint density at radius 1 is 1.29 bits per heavy atom. The van der Waals surface area contributed by atoms with Gasteiger partial charge in [-0.1, -0.05) is 18.2 Å². The summed E-state index contributed by atoms with van der Waals surface area (Å²) in [5.41, 5.74) is 1.84. The number of rotatable bonds is 7. The third-order valence-electron chi connectivity index (χ3n) is 3.30. The van der Waals surface area contributed by atoms with Crippen LogP contribution in [0.5, 0.6) is 0 Å². The summed E-state index contributed by atoms with van der Waals surface area (Å²) >= 11 is 0. The number of carbonyl (C=O) groups is 2. The van der Waals surface area contributed by atoms with Crippen LogP contribution in [0, 0.1) is 0 Å². The van der Waals surface area contributed by atoms with Crippen molar-refractivity contribution in [3.63, 3.8) is 0 Å². The Labute approximate surface area is 141 Å². The Bertz CT molecular complexity index is 651. The molecule has 0 saturated carbocycles. The normalized spacial score (nSPS) is 10.3. The first-order chi connectivity index (χ1) is 11.5. The van der Waals surface area contributed by atoms with Crippen LogP contribution in [-0.2, 0) is 20.7 Å². The van der Waals surface area contributed by atoms with E-state index in [1.165, 1.54) is 4.57 Å². The van der Waals surface area contributed by atoms with E-state index in [-0.39, 0.29) is 0 Å². The van der Waals surface area contributed by atoms with Crippen molar-refractivity contribution in [2.45, 2.75) is 6.42 Å². The van der Waals surface area contributed by atoms with Gasteiger partial charge in [0.1, 0.15) is 6.61 Å². The molecule has 0 amide bonds. The summed E-state index contributed by atoms with van der Waals surface area (Å²) in [6.07, 6.45) is 1.64. The molecule has 0 aliphatic carbocycles. The highest BCUT2D eigenvalue weighted by Gasteiger charge is 2.11. The van der Waals surface area contributed by atoms with Crippen LogP contribution in [0.1, 0.15) is 5.56 Å². The minimum atomic E-state index is -0.933. The number of aromatic nitrogens is 1. The van der Waals surface area contributed by atoms with E-state index in [1.807, 2.05) is 38.4 Å². The van der Waals surface area contributed by atoms with Crippen molar-refractivity contribution in [2.24, 2.45) is 0 Å². The highest BCUT2D eigenvalue weighted by molar-refractivity contribution is 5.91. The van der Waals surface area contributed by atoms with Crippen molar-refractivity contribution >= 4 is 23.5 Å². The van der Waals surface area contributed by atoms with Gasteiger partial charge in [-0.25, -0.2) is 4.79 Å². The van der Waals surface area contributed by atoms with E-state index in [4.69, 9.17) is 5.11 Å². The molecule has 24 heavy (non-hydrogen) atoms. The number of likely N-dealkylation sites (N-methyl/N-ethyl adjacent to an activating group) is 1. The van der Waals surface area contributed by atoms with E-state index in [2.05, 4.69) is 14.4 Å². The molecule has 0 aliphatic heterocycles. The second-order valence-electron chi connectivity index (χ2n) is 5.34. The van der Waals surface area contributed by atoms with E-state index in [9.17, 15) is 9.59 Å². The van der Waals surface area contributed by atoms with Gasteiger partial charge in [0.05, 0.1) is 12.1 Å². The Morgan fingerprint density at radius 3 is 2.58 bits per heavy atom. The van der Waals surface area contributed by atoms with Gasteiger partial charge in [-0.05, 0) is 32.1 Å². The highest BCUT2D eigenvalue weighted by atomic mass is 16.5. The highest BCUT2D eigenvalue weighted by Crippen LogP contribution is 2.21. The van der Waals surface area contributed by atoms with Crippen molar-refractivity contribution in [2.75, 3.05) is 41.0 Å². The molecule has 7 nitrogen and oxygen atoms in total. The predicted molar refractivity (Wildman–Crippen MR) is 91.5 cm³/mol. The van der Waals surface area contributed by atoms with Crippen LogP contribution in [0.15, 0.2) is 30.5 Å². The lowest BCUT2D eigenvalue weighted by Crippen LogP contribution is -2.15. The molecule has 7 heteroatoms. The molecule has 0 spiro atoms. The summed E-state index contributed by atoms with van der Waals surface area (Å²) in [6.45, 7) is 2.13. The second-order valence-corrected chi connectivity index (χ2v) is 5.34. The third-order valence-corrected chi connectivity index (χ3v) is 3.30. The molecule has 1 aromatic carbocycles. The lowest BCUT2D eigenvalue weighted by Gasteiger charge is -2.07. The van der Waals surface area contributed by atoms with E-state index >= 15 is 0 Å².